The van der Waals surface area contributed by atoms with Crippen LogP contribution in [0.4, 0.5) is 10.1 Å². The Kier molecular flexibility index (Phi) is 3.07. The molecule has 0 aromatic heterocycles. The molecule has 18 heavy (non-hydrogen) atoms. The van der Waals surface area contributed by atoms with Gasteiger partial charge in [-0.25, -0.2) is 4.39 Å². The summed E-state index contributed by atoms with van der Waals surface area (Å²) in [5, 5.41) is 2.66. The minimum atomic E-state index is -0.961. The van der Waals surface area contributed by atoms with Crippen molar-refractivity contribution in [2.45, 2.75) is 25.8 Å². The van der Waals surface area contributed by atoms with Crippen molar-refractivity contribution < 1.29 is 14.0 Å². The lowest BCUT2D eigenvalue weighted by Gasteiger charge is -2.39. The summed E-state index contributed by atoms with van der Waals surface area (Å²) >= 11 is 0. The number of nitrogens with zero attached hydrogens (tertiary/aromatic N) is 1. The van der Waals surface area contributed by atoms with Gasteiger partial charge in [0.25, 0.3) is 5.91 Å². The third kappa shape index (κ3) is 1.96. The molecule has 1 aromatic carbocycles. The van der Waals surface area contributed by atoms with E-state index in [0.29, 0.717) is 6.42 Å². The zero-order valence-electron chi connectivity index (χ0n) is 10.4. The van der Waals surface area contributed by atoms with E-state index in [9.17, 15) is 14.0 Å². The van der Waals surface area contributed by atoms with Gasteiger partial charge in [-0.05, 0) is 25.5 Å². The van der Waals surface area contributed by atoms with Crippen LogP contribution in [0.15, 0.2) is 24.3 Å². The average Bonchev–Trinajstić information content (AvgIpc) is 2.35. The van der Waals surface area contributed by atoms with Gasteiger partial charge in [0.1, 0.15) is 17.9 Å². The first-order valence-corrected chi connectivity index (χ1v) is 5.85. The molecule has 4 nitrogen and oxygen atoms in total. The van der Waals surface area contributed by atoms with Gasteiger partial charge in [0.2, 0.25) is 5.91 Å². The van der Waals surface area contributed by atoms with Gasteiger partial charge < -0.3 is 5.32 Å². The Bertz CT molecular complexity index is 504. The molecule has 1 aliphatic heterocycles. The average molecular weight is 250 g/mol. The zero-order valence-corrected chi connectivity index (χ0v) is 10.4. The number of carbonyl (C=O) groups is 2. The monoisotopic (exact) mass is 250 g/mol. The fourth-order valence-electron chi connectivity index (χ4n) is 2.02. The number of nitrogens with one attached hydrogen (secondary N) is 1. The fraction of sp³-hybridized carbons (Fsp3) is 0.385. The molecule has 0 aliphatic carbocycles. The predicted molar refractivity (Wildman–Crippen MR) is 65.6 cm³/mol. The van der Waals surface area contributed by atoms with E-state index in [0.717, 1.165) is 0 Å². The normalized spacial score (nSPS) is 24.1. The molecular weight excluding hydrogens is 235 g/mol. The molecule has 2 rings (SSSR count). The number of halogens is 1. The molecule has 1 heterocycles. The quantitative estimate of drug-likeness (QED) is 0.863. The lowest BCUT2D eigenvalue weighted by Crippen LogP contribution is -2.65. The summed E-state index contributed by atoms with van der Waals surface area (Å²) < 4.78 is 13.7. The van der Waals surface area contributed by atoms with Crippen molar-refractivity contribution in [2.24, 2.45) is 0 Å². The molecule has 1 saturated heterocycles. The number of para-hydroxylation sites is 1. The summed E-state index contributed by atoms with van der Waals surface area (Å²) in [5.74, 6) is -1.06. The van der Waals surface area contributed by atoms with E-state index >= 15 is 0 Å². The standard InChI is InChI=1S/C13H15FN2O2/c1-3-13(2)12(18)16(8-11(17)15-13)10-7-5-4-6-9(10)14/h4-7H,3,8H2,1-2H3,(H,15,17). The summed E-state index contributed by atoms with van der Waals surface area (Å²) in [5.41, 5.74) is -0.811. The van der Waals surface area contributed by atoms with Gasteiger partial charge >= 0.3 is 0 Å². The van der Waals surface area contributed by atoms with E-state index in [1.165, 1.54) is 17.0 Å². The number of hydrogen-bond donors (Lipinski definition) is 1. The largest absolute Gasteiger partial charge is 0.340 e. The second-order valence-corrected chi connectivity index (χ2v) is 4.58. The maximum absolute atomic E-state index is 13.7. The van der Waals surface area contributed by atoms with Gasteiger partial charge in [0.15, 0.2) is 0 Å². The van der Waals surface area contributed by atoms with Crippen LogP contribution in [0.1, 0.15) is 20.3 Å². The first kappa shape index (κ1) is 12.5. The molecule has 0 radical (unpaired) electrons. The molecule has 1 atom stereocenters. The van der Waals surface area contributed by atoms with Crippen molar-refractivity contribution in [1.82, 2.24) is 5.32 Å². The number of piperazine rings is 1. The third-order valence-corrected chi connectivity index (χ3v) is 3.28. The van der Waals surface area contributed by atoms with Crippen LogP contribution >= 0.6 is 0 Å². The molecule has 0 saturated carbocycles. The maximum atomic E-state index is 13.7. The topological polar surface area (TPSA) is 49.4 Å². The van der Waals surface area contributed by atoms with Crippen LogP contribution in [0.3, 0.4) is 0 Å². The van der Waals surface area contributed by atoms with Gasteiger partial charge in [-0.15, -0.1) is 0 Å². The van der Waals surface area contributed by atoms with Gasteiger partial charge in [0.05, 0.1) is 5.69 Å². The number of hydrogen-bond acceptors (Lipinski definition) is 2. The van der Waals surface area contributed by atoms with Gasteiger partial charge in [-0.2, -0.15) is 0 Å². The number of anilines is 1. The highest BCUT2D eigenvalue weighted by Gasteiger charge is 2.42. The smallest absolute Gasteiger partial charge is 0.253 e. The SMILES string of the molecule is CCC1(C)NC(=O)CN(c2ccccc2F)C1=O. The van der Waals surface area contributed by atoms with Crippen LogP contribution in [0.2, 0.25) is 0 Å². The second kappa shape index (κ2) is 4.40. The Morgan fingerprint density at radius 3 is 2.67 bits per heavy atom. The van der Waals surface area contributed by atoms with Crippen LogP contribution in [-0.2, 0) is 9.59 Å². The molecule has 2 amide bonds. The van der Waals surface area contributed by atoms with E-state index in [-0.39, 0.29) is 24.0 Å². The van der Waals surface area contributed by atoms with Crippen LogP contribution < -0.4 is 10.2 Å². The summed E-state index contributed by atoms with van der Waals surface area (Å²) in [6.45, 7) is 3.32. The summed E-state index contributed by atoms with van der Waals surface area (Å²) in [6, 6.07) is 5.97. The summed E-state index contributed by atoms with van der Waals surface area (Å²) in [6.07, 6.45) is 0.461. The first-order chi connectivity index (χ1) is 8.48. The van der Waals surface area contributed by atoms with Gasteiger partial charge in [-0.1, -0.05) is 19.1 Å². The van der Waals surface area contributed by atoms with Crippen molar-refractivity contribution in [1.29, 1.82) is 0 Å². The number of rotatable bonds is 2. The Labute approximate surface area is 105 Å². The van der Waals surface area contributed by atoms with Crippen molar-refractivity contribution in [3.8, 4) is 0 Å². The van der Waals surface area contributed by atoms with E-state index in [4.69, 9.17) is 0 Å². The molecule has 1 aromatic rings. The number of carbonyl (C=O) groups excluding carboxylic acids is 2. The fourth-order valence-corrected chi connectivity index (χ4v) is 2.02. The first-order valence-electron chi connectivity index (χ1n) is 5.85. The van der Waals surface area contributed by atoms with Crippen LogP contribution in [0.25, 0.3) is 0 Å². The van der Waals surface area contributed by atoms with Crippen molar-refractivity contribution in [3.05, 3.63) is 30.1 Å². The van der Waals surface area contributed by atoms with Crippen molar-refractivity contribution in [2.75, 3.05) is 11.4 Å². The van der Waals surface area contributed by atoms with E-state index in [2.05, 4.69) is 5.32 Å². The van der Waals surface area contributed by atoms with Crippen LogP contribution in [0, 0.1) is 5.82 Å². The molecule has 0 spiro atoms. The van der Waals surface area contributed by atoms with Crippen molar-refractivity contribution in [3.63, 3.8) is 0 Å². The molecular formula is C13H15FN2O2. The van der Waals surface area contributed by atoms with Gasteiger partial charge in [0, 0.05) is 0 Å². The lowest BCUT2D eigenvalue weighted by atomic mass is 9.94. The Morgan fingerprint density at radius 2 is 2.06 bits per heavy atom. The van der Waals surface area contributed by atoms with E-state index < -0.39 is 11.4 Å². The van der Waals surface area contributed by atoms with Crippen LogP contribution in [0.5, 0.6) is 0 Å². The van der Waals surface area contributed by atoms with E-state index in [1.54, 1.807) is 19.1 Å². The molecule has 1 aliphatic rings. The highest BCUT2D eigenvalue weighted by atomic mass is 19.1. The second-order valence-electron chi connectivity index (χ2n) is 4.58. The third-order valence-electron chi connectivity index (χ3n) is 3.28. The lowest BCUT2D eigenvalue weighted by molar-refractivity contribution is -0.135. The minimum absolute atomic E-state index is 0.143. The molecule has 5 heteroatoms. The molecule has 1 fully saturated rings. The highest BCUT2D eigenvalue weighted by molar-refractivity contribution is 6.08. The predicted octanol–water partition coefficient (Wildman–Crippen LogP) is 1.46. The van der Waals surface area contributed by atoms with Crippen molar-refractivity contribution >= 4 is 17.5 Å². The minimum Gasteiger partial charge on any atom is -0.340 e. The Hall–Kier alpha value is -1.91. The molecule has 96 valence electrons. The zero-order chi connectivity index (χ0) is 13.3. The van der Waals surface area contributed by atoms with E-state index in [1.807, 2.05) is 6.92 Å². The highest BCUT2D eigenvalue weighted by Crippen LogP contribution is 2.25. The summed E-state index contributed by atoms with van der Waals surface area (Å²) in [7, 11) is 0. The molecule has 1 unspecified atom stereocenters. The molecule has 1 N–H and O–H groups in total. The summed E-state index contributed by atoms with van der Waals surface area (Å²) in [4.78, 5) is 25.2. The Balaban J connectivity index is 2.42. The molecule has 0 bridgehead atoms. The van der Waals surface area contributed by atoms with Crippen LogP contribution in [-0.4, -0.2) is 23.9 Å². The Morgan fingerprint density at radius 1 is 1.39 bits per heavy atom. The number of amides is 2. The number of benzene rings is 1. The van der Waals surface area contributed by atoms with Gasteiger partial charge in [-0.3, -0.25) is 14.5 Å². The maximum Gasteiger partial charge on any atom is 0.253 e.